The molecule has 3 nitrogen and oxygen atoms in total. The van der Waals surface area contributed by atoms with E-state index in [1.807, 2.05) is 0 Å². The van der Waals surface area contributed by atoms with Crippen molar-refractivity contribution in [1.29, 1.82) is 0 Å². The van der Waals surface area contributed by atoms with E-state index in [1.54, 1.807) is 31.2 Å². The normalized spacial score (nSPS) is 10.8. The van der Waals surface area contributed by atoms with Gasteiger partial charge in [0.2, 0.25) is 0 Å². The van der Waals surface area contributed by atoms with Gasteiger partial charge >= 0.3 is 5.97 Å². The van der Waals surface area contributed by atoms with Crippen LogP contribution in [-0.4, -0.2) is 11.1 Å². The molecule has 2 aromatic carbocycles. The number of carboxylic acid groups (broad SMARTS) is 1. The molecule has 0 amide bonds. The van der Waals surface area contributed by atoms with Crippen LogP contribution < -0.4 is 4.74 Å². The zero-order valence-corrected chi connectivity index (χ0v) is 11.9. The Bertz CT molecular complexity index is 711. The molecule has 0 bridgehead atoms. The van der Waals surface area contributed by atoms with E-state index in [1.165, 1.54) is 18.2 Å². The van der Waals surface area contributed by atoms with E-state index in [0.717, 1.165) is 6.08 Å². The van der Waals surface area contributed by atoms with Crippen LogP contribution in [0.25, 0.3) is 6.08 Å². The number of aliphatic carboxylic acids is 1. The Morgan fingerprint density at radius 3 is 2.71 bits per heavy atom. The molecule has 0 aliphatic carbocycles. The van der Waals surface area contributed by atoms with Crippen molar-refractivity contribution in [3.63, 3.8) is 0 Å². The maximum atomic E-state index is 13.2. The maximum Gasteiger partial charge on any atom is 0.328 e. The number of aryl methyl sites for hydroxylation is 1. The Morgan fingerprint density at radius 2 is 2.05 bits per heavy atom. The highest BCUT2D eigenvalue weighted by Crippen LogP contribution is 2.30. The third-order valence-corrected chi connectivity index (χ3v) is 2.97. The van der Waals surface area contributed by atoms with E-state index < -0.39 is 5.97 Å². The lowest BCUT2D eigenvalue weighted by molar-refractivity contribution is -0.131. The van der Waals surface area contributed by atoms with E-state index in [-0.39, 0.29) is 5.82 Å². The smallest absolute Gasteiger partial charge is 0.328 e. The van der Waals surface area contributed by atoms with Crippen LogP contribution in [0.2, 0.25) is 5.02 Å². The highest BCUT2D eigenvalue weighted by molar-refractivity contribution is 6.30. The number of halogens is 2. The van der Waals surface area contributed by atoms with Gasteiger partial charge in [0, 0.05) is 22.7 Å². The molecule has 0 radical (unpaired) electrons. The molecule has 0 aliphatic rings. The maximum absolute atomic E-state index is 13.2. The Labute approximate surface area is 126 Å². The van der Waals surface area contributed by atoms with Gasteiger partial charge in [-0.1, -0.05) is 11.6 Å². The lowest BCUT2D eigenvalue weighted by Crippen LogP contribution is -1.91. The summed E-state index contributed by atoms with van der Waals surface area (Å²) in [5.74, 6) is -0.542. The van der Waals surface area contributed by atoms with Crippen molar-refractivity contribution < 1.29 is 19.0 Å². The molecule has 5 heteroatoms. The van der Waals surface area contributed by atoms with Gasteiger partial charge in [-0.3, -0.25) is 0 Å². The second kappa shape index (κ2) is 6.41. The largest absolute Gasteiger partial charge is 0.478 e. The molecule has 21 heavy (non-hydrogen) atoms. The fourth-order valence-corrected chi connectivity index (χ4v) is 1.87. The zero-order valence-electron chi connectivity index (χ0n) is 11.1. The van der Waals surface area contributed by atoms with Crippen molar-refractivity contribution in [3.05, 3.63) is 64.4 Å². The lowest BCUT2D eigenvalue weighted by Gasteiger charge is -2.10. The Hall–Kier alpha value is -2.33. The summed E-state index contributed by atoms with van der Waals surface area (Å²) in [6, 6.07) is 9.21. The predicted octanol–water partition coefficient (Wildman–Crippen LogP) is 4.68. The van der Waals surface area contributed by atoms with Crippen LogP contribution in [0, 0.1) is 12.7 Å². The van der Waals surface area contributed by atoms with Crippen molar-refractivity contribution in [2.24, 2.45) is 0 Å². The molecule has 1 N–H and O–H groups in total. The van der Waals surface area contributed by atoms with Crippen LogP contribution in [0.4, 0.5) is 4.39 Å². The van der Waals surface area contributed by atoms with Gasteiger partial charge in [-0.25, -0.2) is 9.18 Å². The van der Waals surface area contributed by atoms with Gasteiger partial charge in [0.25, 0.3) is 0 Å². The molecule has 0 atom stereocenters. The Balaban J connectivity index is 2.35. The van der Waals surface area contributed by atoms with Crippen LogP contribution in [0.3, 0.4) is 0 Å². The summed E-state index contributed by atoms with van der Waals surface area (Å²) in [4.78, 5) is 10.6. The molecule has 2 rings (SSSR count). The molecule has 0 saturated carbocycles. The summed E-state index contributed by atoms with van der Waals surface area (Å²) in [6.07, 6.45) is 2.41. The second-order valence-corrected chi connectivity index (χ2v) is 4.80. The van der Waals surface area contributed by atoms with Crippen molar-refractivity contribution in [3.8, 4) is 11.5 Å². The Kier molecular flexibility index (Phi) is 4.60. The first-order chi connectivity index (χ1) is 9.95. The molecule has 0 spiro atoms. The highest BCUT2D eigenvalue weighted by Gasteiger charge is 2.06. The van der Waals surface area contributed by atoms with Gasteiger partial charge in [-0.15, -0.1) is 0 Å². The summed E-state index contributed by atoms with van der Waals surface area (Å²) in [6.45, 7) is 1.63. The molecule has 108 valence electrons. The summed E-state index contributed by atoms with van der Waals surface area (Å²) >= 11 is 5.92. The highest BCUT2D eigenvalue weighted by atomic mass is 35.5. The molecule has 0 saturated heterocycles. The van der Waals surface area contributed by atoms with Crippen LogP contribution >= 0.6 is 11.6 Å². The van der Waals surface area contributed by atoms with Crippen molar-refractivity contribution >= 4 is 23.6 Å². The van der Waals surface area contributed by atoms with E-state index in [9.17, 15) is 9.18 Å². The minimum absolute atomic E-state index is 0.320. The molecular formula is C16H12ClFO3. The third kappa shape index (κ3) is 4.07. The van der Waals surface area contributed by atoms with Gasteiger partial charge < -0.3 is 9.84 Å². The number of rotatable bonds is 4. The first kappa shape index (κ1) is 15.1. The molecule has 0 fully saturated rings. The van der Waals surface area contributed by atoms with Gasteiger partial charge in [0.05, 0.1) is 0 Å². The molecule has 0 aliphatic heterocycles. The molecule has 2 aromatic rings. The van der Waals surface area contributed by atoms with Crippen LogP contribution in [0.1, 0.15) is 11.1 Å². The standard InChI is InChI=1S/C16H12ClFO3/c1-10-8-13(5-6-14(10)18)21-15-9-12(17)4-2-11(15)3-7-16(19)20/h2-9H,1H3,(H,19,20)/b7-3+. The number of hydrogen-bond donors (Lipinski definition) is 1. The number of carboxylic acids is 1. The molecule has 0 unspecified atom stereocenters. The summed E-state index contributed by atoms with van der Waals surface area (Å²) in [5, 5.41) is 9.14. The number of ether oxygens (including phenoxy) is 1. The fourth-order valence-electron chi connectivity index (χ4n) is 1.70. The summed E-state index contributed by atoms with van der Waals surface area (Å²) in [5.41, 5.74) is 1.01. The average molecular weight is 307 g/mol. The van der Waals surface area contributed by atoms with Crippen molar-refractivity contribution in [1.82, 2.24) is 0 Å². The van der Waals surface area contributed by atoms with E-state index in [0.29, 0.717) is 27.6 Å². The van der Waals surface area contributed by atoms with Gasteiger partial charge in [0.15, 0.2) is 0 Å². The first-order valence-corrected chi connectivity index (χ1v) is 6.48. The van der Waals surface area contributed by atoms with Gasteiger partial charge in [0.1, 0.15) is 17.3 Å². The lowest BCUT2D eigenvalue weighted by atomic mass is 10.2. The van der Waals surface area contributed by atoms with Gasteiger partial charge in [-0.2, -0.15) is 0 Å². The summed E-state index contributed by atoms with van der Waals surface area (Å²) < 4.78 is 18.9. The third-order valence-electron chi connectivity index (χ3n) is 2.74. The topological polar surface area (TPSA) is 46.5 Å². The zero-order chi connectivity index (χ0) is 15.4. The van der Waals surface area contributed by atoms with Crippen LogP contribution in [0.5, 0.6) is 11.5 Å². The summed E-state index contributed by atoms with van der Waals surface area (Å²) in [7, 11) is 0. The van der Waals surface area contributed by atoms with Crippen LogP contribution in [0.15, 0.2) is 42.5 Å². The first-order valence-electron chi connectivity index (χ1n) is 6.10. The van der Waals surface area contributed by atoms with Crippen molar-refractivity contribution in [2.75, 3.05) is 0 Å². The van der Waals surface area contributed by atoms with Crippen LogP contribution in [-0.2, 0) is 4.79 Å². The molecule has 0 aromatic heterocycles. The number of carbonyl (C=O) groups is 1. The number of benzene rings is 2. The minimum Gasteiger partial charge on any atom is -0.478 e. The van der Waals surface area contributed by atoms with Crippen molar-refractivity contribution in [2.45, 2.75) is 6.92 Å². The second-order valence-electron chi connectivity index (χ2n) is 4.37. The molecular weight excluding hydrogens is 295 g/mol. The minimum atomic E-state index is -1.06. The molecule has 0 heterocycles. The van der Waals surface area contributed by atoms with E-state index >= 15 is 0 Å². The number of hydrogen-bond acceptors (Lipinski definition) is 2. The SMILES string of the molecule is Cc1cc(Oc2cc(Cl)ccc2/C=C/C(=O)O)ccc1F. The quantitative estimate of drug-likeness (QED) is 0.834. The van der Waals surface area contributed by atoms with Gasteiger partial charge in [-0.05, 0) is 48.9 Å². The predicted molar refractivity (Wildman–Crippen MR) is 79.3 cm³/mol. The average Bonchev–Trinajstić information content (AvgIpc) is 2.42. The van der Waals surface area contributed by atoms with E-state index in [4.69, 9.17) is 21.4 Å². The van der Waals surface area contributed by atoms with E-state index in [2.05, 4.69) is 0 Å². The monoisotopic (exact) mass is 306 g/mol. The Morgan fingerprint density at radius 1 is 1.29 bits per heavy atom. The fraction of sp³-hybridized carbons (Fsp3) is 0.0625.